The topological polar surface area (TPSA) is 27.7 Å². The second kappa shape index (κ2) is 7.20. The van der Waals surface area contributed by atoms with E-state index in [1.807, 2.05) is 0 Å². The van der Waals surface area contributed by atoms with E-state index in [2.05, 4.69) is 13.8 Å². The third-order valence-corrected chi connectivity index (χ3v) is 3.00. The fraction of sp³-hybridized carbons (Fsp3) is 1.00. The zero-order chi connectivity index (χ0) is 11.1. The van der Waals surface area contributed by atoms with E-state index in [1.165, 1.54) is 6.42 Å². The first kappa shape index (κ1) is 12.9. The molecule has 1 fully saturated rings. The minimum absolute atomic E-state index is 0.0516. The largest absolute Gasteiger partial charge is 0.384 e. The molecule has 0 unspecified atom stereocenters. The first-order valence-corrected chi connectivity index (χ1v) is 6.07. The van der Waals surface area contributed by atoms with Crippen molar-refractivity contribution in [2.24, 2.45) is 5.92 Å². The van der Waals surface area contributed by atoms with Crippen LogP contribution >= 0.6 is 0 Å². The van der Waals surface area contributed by atoms with Crippen LogP contribution in [0.4, 0.5) is 0 Å². The number of hydrogen-bond donors (Lipinski definition) is 0. The number of ether oxygens (including phenoxy) is 3. The molecular formula is C12H24O3. The summed E-state index contributed by atoms with van der Waals surface area (Å²) in [6.45, 7) is 5.96. The summed E-state index contributed by atoms with van der Waals surface area (Å²) in [6.07, 6.45) is 4.64. The van der Waals surface area contributed by atoms with Gasteiger partial charge in [0.25, 0.3) is 0 Å². The molecular weight excluding hydrogens is 192 g/mol. The van der Waals surface area contributed by atoms with Crippen molar-refractivity contribution in [2.45, 2.75) is 51.9 Å². The van der Waals surface area contributed by atoms with Gasteiger partial charge in [0, 0.05) is 19.4 Å². The van der Waals surface area contributed by atoms with Gasteiger partial charge in [-0.2, -0.15) is 0 Å². The molecule has 0 aliphatic carbocycles. The highest BCUT2D eigenvalue weighted by atomic mass is 16.7. The molecule has 0 aromatic carbocycles. The molecule has 1 heterocycles. The highest BCUT2D eigenvalue weighted by molar-refractivity contribution is 4.73. The summed E-state index contributed by atoms with van der Waals surface area (Å²) in [6, 6.07) is 0. The average Bonchev–Trinajstić information content (AvgIpc) is 2.27. The molecule has 0 bridgehead atoms. The Morgan fingerprint density at radius 3 is 2.67 bits per heavy atom. The van der Waals surface area contributed by atoms with Crippen LogP contribution in [-0.2, 0) is 14.2 Å². The van der Waals surface area contributed by atoms with Crippen molar-refractivity contribution < 1.29 is 14.2 Å². The molecule has 90 valence electrons. The van der Waals surface area contributed by atoms with Crippen LogP contribution < -0.4 is 0 Å². The quantitative estimate of drug-likeness (QED) is 0.683. The van der Waals surface area contributed by atoms with Gasteiger partial charge in [-0.05, 0) is 12.8 Å². The van der Waals surface area contributed by atoms with E-state index in [1.54, 1.807) is 7.11 Å². The van der Waals surface area contributed by atoms with Gasteiger partial charge in [-0.1, -0.05) is 20.3 Å². The minimum Gasteiger partial charge on any atom is -0.384 e. The summed E-state index contributed by atoms with van der Waals surface area (Å²) in [5.74, 6) is 0.573. The van der Waals surface area contributed by atoms with E-state index >= 15 is 0 Å². The summed E-state index contributed by atoms with van der Waals surface area (Å²) in [7, 11) is 1.71. The summed E-state index contributed by atoms with van der Waals surface area (Å²) in [5, 5.41) is 0. The highest BCUT2D eigenvalue weighted by Crippen LogP contribution is 2.25. The molecule has 1 aliphatic heterocycles. The Hall–Kier alpha value is -0.120. The van der Waals surface area contributed by atoms with E-state index in [0.717, 1.165) is 25.9 Å². The van der Waals surface area contributed by atoms with Gasteiger partial charge in [-0.3, -0.25) is 0 Å². The van der Waals surface area contributed by atoms with E-state index in [4.69, 9.17) is 14.2 Å². The Kier molecular flexibility index (Phi) is 6.22. The van der Waals surface area contributed by atoms with Gasteiger partial charge < -0.3 is 14.2 Å². The normalized spacial score (nSPS) is 31.8. The van der Waals surface area contributed by atoms with Crippen molar-refractivity contribution >= 4 is 0 Å². The van der Waals surface area contributed by atoms with Gasteiger partial charge in [-0.15, -0.1) is 0 Å². The lowest BCUT2D eigenvalue weighted by atomic mass is 9.96. The smallest absolute Gasteiger partial charge is 0.160 e. The molecule has 1 aliphatic rings. The molecule has 0 saturated carbocycles. The van der Waals surface area contributed by atoms with E-state index < -0.39 is 0 Å². The third-order valence-electron chi connectivity index (χ3n) is 3.00. The number of hydrogen-bond acceptors (Lipinski definition) is 3. The van der Waals surface area contributed by atoms with Crippen LogP contribution in [0.25, 0.3) is 0 Å². The Labute approximate surface area is 93.1 Å². The molecule has 0 radical (unpaired) electrons. The van der Waals surface area contributed by atoms with Gasteiger partial charge in [0.2, 0.25) is 0 Å². The second-order valence-corrected chi connectivity index (χ2v) is 4.18. The molecule has 1 rings (SSSR count). The molecule has 3 heteroatoms. The van der Waals surface area contributed by atoms with Gasteiger partial charge in [0.1, 0.15) is 0 Å². The SMILES string of the molecule is CCC[C@@H]1O[C@@H](CCOC)OC[C@@H]1CC. The van der Waals surface area contributed by atoms with Crippen LogP contribution in [0.15, 0.2) is 0 Å². The molecule has 0 aromatic heterocycles. The fourth-order valence-electron chi connectivity index (χ4n) is 2.02. The van der Waals surface area contributed by atoms with Crippen LogP contribution in [0, 0.1) is 5.92 Å². The van der Waals surface area contributed by atoms with Crippen molar-refractivity contribution in [2.75, 3.05) is 20.3 Å². The molecule has 1 saturated heterocycles. The van der Waals surface area contributed by atoms with Crippen LogP contribution in [0.5, 0.6) is 0 Å². The van der Waals surface area contributed by atoms with Gasteiger partial charge >= 0.3 is 0 Å². The predicted octanol–water partition coefficient (Wildman–Crippen LogP) is 2.59. The van der Waals surface area contributed by atoms with Crippen molar-refractivity contribution in [3.05, 3.63) is 0 Å². The molecule has 0 N–H and O–H groups in total. The zero-order valence-electron chi connectivity index (χ0n) is 10.2. The first-order valence-electron chi connectivity index (χ1n) is 6.07. The molecule has 3 nitrogen and oxygen atoms in total. The number of methoxy groups -OCH3 is 1. The van der Waals surface area contributed by atoms with E-state index in [-0.39, 0.29) is 6.29 Å². The molecule has 0 spiro atoms. The lowest BCUT2D eigenvalue weighted by molar-refractivity contribution is -0.242. The van der Waals surface area contributed by atoms with Crippen LogP contribution in [0.1, 0.15) is 39.5 Å². The maximum absolute atomic E-state index is 5.93. The van der Waals surface area contributed by atoms with Crippen molar-refractivity contribution in [3.8, 4) is 0 Å². The third kappa shape index (κ3) is 4.09. The van der Waals surface area contributed by atoms with Gasteiger partial charge in [0.15, 0.2) is 6.29 Å². The van der Waals surface area contributed by atoms with Gasteiger partial charge in [0.05, 0.1) is 19.3 Å². The predicted molar refractivity (Wildman–Crippen MR) is 59.8 cm³/mol. The lowest BCUT2D eigenvalue weighted by Gasteiger charge is -2.36. The Morgan fingerprint density at radius 1 is 1.27 bits per heavy atom. The lowest BCUT2D eigenvalue weighted by Crippen LogP contribution is -2.40. The van der Waals surface area contributed by atoms with E-state index in [0.29, 0.717) is 18.6 Å². The maximum atomic E-state index is 5.93. The average molecular weight is 216 g/mol. The van der Waals surface area contributed by atoms with Crippen LogP contribution in [0.2, 0.25) is 0 Å². The molecule has 0 amide bonds. The standard InChI is InChI=1S/C12H24O3/c1-4-6-11-10(5-2)9-14-12(15-11)7-8-13-3/h10-12H,4-9H2,1-3H3/t10-,11-,12-/m0/s1. The summed E-state index contributed by atoms with van der Waals surface area (Å²) < 4.78 is 16.6. The van der Waals surface area contributed by atoms with E-state index in [9.17, 15) is 0 Å². The number of rotatable bonds is 6. The maximum Gasteiger partial charge on any atom is 0.160 e. The monoisotopic (exact) mass is 216 g/mol. The molecule has 0 aromatic rings. The summed E-state index contributed by atoms with van der Waals surface area (Å²) >= 11 is 0. The summed E-state index contributed by atoms with van der Waals surface area (Å²) in [5.41, 5.74) is 0. The van der Waals surface area contributed by atoms with Crippen molar-refractivity contribution in [1.29, 1.82) is 0 Å². The van der Waals surface area contributed by atoms with Gasteiger partial charge in [-0.25, -0.2) is 0 Å². The first-order chi connectivity index (χ1) is 7.31. The van der Waals surface area contributed by atoms with Crippen molar-refractivity contribution in [1.82, 2.24) is 0 Å². The Bertz CT molecular complexity index is 161. The second-order valence-electron chi connectivity index (χ2n) is 4.18. The summed E-state index contributed by atoms with van der Waals surface area (Å²) in [4.78, 5) is 0. The Morgan fingerprint density at radius 2 is 2.07 bits per heavy atom. The molecule has 3 atom stereocenters. The van der Waals surface area contributed by atoms with Crippen LogP contribution in [0.3, 0.4) is 0 Å². The zero-order valence-corrected chi connectivity index (χ0v) is 10.2. The fourth-order valence-corrected chi connectivity index (χ4v) is 2.02. The van der Waals surface area contributed by atoms with Crippen molar-refractivity contribution in [3.63, 3.8) is 0 Å². The van der Waals surface area contributed by atoms with Crippen LogP contribution in [-0.4, -0.2) is 32.7 Å². The highest BCUT2D eigenvalue weighted by Gasteiger charge is 2.29. The molecule has 15 heavy (non-hydrogen) atoms. The minimum atomic E-state index is -0.0516. The Balaban J connectivity index is 2.35.